The lowest BCUT2D eigenvalue weighted by atomic mass is 10.2. The second-order valence-electron chi connectivity index (χ2n) is 6.65. The third-order valence-electron chi connectivity index (χ3n) is 4.71. The molecule has 2 aromatic heterocycles. The largest absolute Gasteiger partial charge is 0.454 e. The summed E-state index contributed by atoms with van der Waals surface area (Å²) in [5.41, 5.74) is 0.601. The molecule has 0 atom stereocenters. The van der Waals surface area contributed by atoms with Crippen molar-refractivity contribution in [2.75, 3.05) is 48.6 Å². The first-order valence-corrected chi connectivity index (χ1v) is 9.89. The smallest absolute Gasteiger partial charge is 0.231 e. The molecule has 1 saturated heterocycles. The number of pyridine rings is 1. The molecule has 0 aliphatic carbocycles. The van der Waals surface area contributed by atoms with Crippen molar-refractivity contribution in [1.29, 1.82) is 0 Å². The normalized spacial score (nSPS) is 15.2. The summed E-state index contributed by atoms with van der Waals surface area (Å²) < 4.78 is 16.3. The fraction of sp³-hybridized carbons (Fsp3) is 0.250. The molecule has 2 N–H and O–H groups in total. The molecule has 0 amide bonds. The van der Waals surface area contributed by atoms with E-state index in [0.717, 1.165) is 18.9 Å². The molecule has 0 spiro atoms. The maximum Gasteiger partial charge on any atom is 0.231 e. The lowest BCUT2D eigenvalue weighted by Gasteiger charge is -2.28. The number of rotatable bonds is 5. The first-order valence-electron chi connectivity index (χ1n) is 9.51. The number of anilines is 5. The number of nitrogens with zero attached hydrogens (tertiary/aromatic N) is 4. The van der Waals surface area contributed by atoms with Crippen LogP contribution in [-0.2, 0) is 4.74 Å². The highest BCUT2D eigenvalue weighted by molar-refractivity contribution is 6.33. The van der Waals surface area contributed by atoms with Crippen LogP contribution in [0.3, 0.4) is 0 Å². The molecule has 4 heterocycles. The van der Waals surface area contributed by atoms with Crippen LogP contribution in [0.2, 0.25) is 5.02 Å². The fourth-order valence-corrected chi connectivity index (χ4v) is 3.45. The van der Waals surface area contributed by atoms with E-state index >= 15 is 0 Å². The molecule has 1 fully saturated rings. The van der Waals surface area contributed by atoms with E-state index in [1.54, 1.807) is 24.4 Å². The Kier molecular flexibility index (Phi) is 5.12. The van der Waals surface area contributed by atoms with Gasteiger partial charge in [-0.1, -0.05) is 17.7 Å². The topological polar surface area (TPSA) is 93.7 Å². The first kappa shape index (κ1) is 18.7. The fourth-order valence-electron chi connectivity index (χ4n) is 3.26. The Morgan fingerprint density at radius 3 is 2.70 bits per heavy atom. The van der Waals surface area contributed by atoms with Crippen LogP contribution in [0.4, 0.5) is 29.1 Å². The van der Waals surface area contributed by atoms with E-state index in [0.29, 0.717) is 53.0 Å². The second kappa shape index (κ2) is 8.21. The van der Waals surface area contributed by atoms with Crippen molar-refractivity contribution in [2.24, 2.45) is 0 Å². The molecule has 30 heavy (non-hydrogen) atoms. The lowest BCUT2D eigenvalue weighted by Crippen LogP contribution is -2.36. The number of benzene rings is 1. The van der Waals surface area contributed by atoms with Crippen LogP contribution in [0.1, 0.15) is 0 Å². The van der Waals surface area contributed by atoms with Gasteiger partial charge in [0.05, 0.1) is 18.2 Å². The Morgan fingerprint density at radius 2 is 1.80 bits per heavy atom. The lowest BCUT2D eigenvalue weighted by molar-refractivity contribution is 0.122. The van der Waals surface area contributed by atoms with Gasteiger partial charge in [-0.25, -0.2) is 9.97 Å². The third-order valence-corrected chi connectivity index (χ3v) is 5.02. The number of fused-ring (bicyclic) bond motifs is 1. The molecular weight excluding hydrogens is 408 g/mol. The average molecular weight is 427 g/mol. The Labute approximate surface area is 178 Å². The molecule has 9 nitrogen and oxygen atoms in total. The molecule has 0 saturated carbocycles. The molecule has 2 aliphatic rings. The maximum absolute atomic E-state index is 6.34. The summed E-state index contributed by atoms with van der Waals surface area (Å²) in [5, 5.41) is 6.85. The van der Waals surface area contributed by atoms with Crippen LogP contribution >= 0.6 is 11.6 Å². The van der Waals surface area contributed by atoms with E-state index in [9.17, 15) is 0 Å². The minimum Gasteiger partial charge on any atom is -0.454 e. The summed E-state index contributed by atoms with van der Waals surface area (Å²) in [6.07, 6.45) is 1.65. The second-order valence-corrected chi connectivity index (χ2v) is 7.06. The van der Waals surface area contributed by atoms with Crippen molar-refractivity contribution in [3.63, 3.8) is 0 Å². The third kappa shape index (κ3) is 3.89. The number of nitrogens with one attached hydrogen (secondary N) is 2. The highest BCUT2D eigenvalue weighted by Gasteiger charge is 2.21. The van der Waals surface area contributed by atoms with Gasteiger partial charge in [-0.2, -0.15) is 4.98 Å². The van der Waals surface area contributed by atoms with Crippen LogP contribution in [0, 0.1) is 0 Å². The van der Waals surface area contributed by atoms with Crippen LogP contribution < -0.4 is 25.0 Å². The summed E-state index contributed by atoms with van der Waals surface area (Å²) in [7, 11) is 0. The van der Waals surface area contributed by atoms with Gasteiger partial charge in [-0.15, -0.1) is 0 Å². The van der Waals surface area contributed by atoms with Gasteiger partial charge in [0.25, 0.3) is 0 Å². The summed E-state index contributed by atoms with van der Waals surface area (Å²) in [6, 6.07) is 11.1. The molecule has 154 valence electrons. The van der Waals surface area contributed by atoms with E-state index < -0.39 is 0 Å². The first-order chi connectivity index (χ1) is 14.8. The monoisotopic (exact) mass is 426 g/mol. The summed E-state index contributed by atoms with van der Waals surface area (Å²) >= 11 is 6.34. The van der Waals surface area contributed by atoms with E-state index in [1.165, 1.54) is 0 Å². The van der Waals surface area contributed by atoms with Gasteiger partial charge in [0, 0.05) is 19.3 Å². The Balaban J connectivity index is 1.34. The highest BCUT2D eigenvalue weighted by Crippen LogP contribution is 2.44. The van der Waals surface area contributed by atoms with Gasteiger partial charge in [-0.05, 0) is 30.3 Å². The molecule has 0 unspecified atom stereocenters. The quantitative estimate of drug-likeness (QED) is 0.634. The molecule has 10 heteroatoms. The minimum atomic E-state index is 0.159. The molecular formula is C20H19ClN6O3. The van der Waals surface area contributed by atoms with Gasteiger partial charge in [-0.3, -0.25) is 0 Å². The van der Waals surface area contributed by atoms with Gasteiger partial charge in [0.15, 0.2) is 11.5 Å². The molecule has 3 aromatic rings. The number of ether oxygens (including phenoxy) is 3. The summed E-state index contributed by atoms with van der Waals surface area (Å²) in [4.78, 5) is 15.7. The van der Waals surface area contributed by atoms with Crippen molar-refractivity contribution >= 4 is 40.7 Å². The number of aromatic nitrogens is 3. The van der Waals surface area contributed by atoms with E-state index in [4.69, 9.17) is 25.8 Å². The van der Waals surface area contributed by atoms with Crippen molar-refractivity contribution in [1.82, 2.24) is 15.0 Å². The van der Waals surface area contributed by atoms with Gasteiger partial charge in [0.1, 0.15) is 23.1 Å². The van der Waals surface area contributed by atoms with E-state index in [2.05, 4.69) is 30.5 Å². The minimum absolute atomic E-state index is 0.159. The van der Waals surface area contributed by atoms with Crippen molar-refractivity contribution < 1.29 is 14.2 Å². The summed E-state index contributed by atoms with van der Waals surface area (Å²) in [6.45, 7) is 3.21. The van der Waals surface area contributed by atoms with Crippen LogP contribution in [0.15, 0.2) is 42.6 Å². The summed E-state index contributed by atoms with van der Waals surface area (Å²) in [5.74, 6) is 3.72. The Hall–Kier alpha value is -3.30. The number of morpholine rings is 1. The zero-order valence-electron chi connectivity index (χ0n) is 16.0. The van der Waals surface area contributed by atoms with Gasteiger partial charge >= 0.3 is 0 Å². The van der Waals surface area contributed by atoms with E-state index in [-0.39, 0.29) is 6.79 Å². The predicted octanol–water partition coefficient (Wildman–Crippen LogP) is 3.58. The van der Waals surface area contributed by atoms with Crippen LogP contribution in [0.25, 0.3) is 0 Å². The zero-order valence-corrected chi connectivity index (χ0v) is 16.7. The van der Waals surface area contributed by atoms with Crippen molar-refractivity contribution in [2.45, 2.75) is 0 Å². The SMILES string of the molecule is Clc1ccc2c(c1Nc1ccnc(Nc3cccc(N4CCOCC4)n3)n1)OCO2. The maximum atomic E-state index is 6.34. The number of halogens is 1. The highest BCUT2D eigenvalue weighted by atomic mass is 35.5. The standard InChI is InChI=1S/C20H19ClN6O3/c21-13-4-5-14-19(30-12-29-14)18(13)24-16-6-7-22-20(26-16)25-15-2-1-3-17(23-15)27-8-10-28-11-9-27/h1-7H,8-12H2,(H2,22,23,24,25,26). The number of hydrogen-bond donors (Lipinski definition) is 2. The van der Waals surface area contributed by atoms with Crippen molar-refractivity contribution in [3.8, 4) is 11.5 Å². The number of hydrogen-bond acceptors (Lipinski definition) is 9. The van der Waals surface area contributed by atoms with E-state index in [1.807, 2.05) is 18.2 Å². The van der Waals surface area contributed by atoms with Crippen LogP contribution in [0.5, 0.6) is 11.5 Å². The average Bonchev–Trinajstić information content (AvgIpc) is 3.26. The molecule has 1 aromatic carbocycles. The van der Waals surface area contributed by atoms with Gasteiger partial charge < -0.3 is 29.7 Å². The molecule has 2 aliphatic heterocycles. The molecule has 0 bridgehead atoms. The van der Waals surface area contributed by atoms with Crippen molar-refractivity contribution in [3.05, 3.63) is 47.6 Å². The molecule has 0 radical (unpaired) electrons. The Morgan fingerprint density at radius 1 is 0.933 bits per heavy atom. The Bertz CT molecular complexity index is 1060. The van der Waals surface area contributed by atoms with Gasteiger partial charge in [0.2, 0.25) is 12.7 Å². The van der Waals surface area contributed by atoms with Crippen LogP contribution in [-0.4, -0.2) is 48.0 Å². The zero-order chi connectivity index (χ0) is 20.3. The molecule has 5 rings (SSSR count). The predicted molar refractivity (Wildman–Crippen MR) is 113 cm³/mol.